The second kappa shape index (κ2) is 14.1. The monoisotopic (exact) mass is 502 g/mol. The fraction of sp³-hybridized carbons (Fsp3) is 0.355. The van der Waals surface area contributed by atoms with Gasteiger partial charge >= 0.3 is 0 Å². The fourth-order valence-corrected chi connectivity index (χ4v) is 4.19. The van der Waals surface area contributed by atoms with Gasteiger partial charge in [0, 0.05) is 25.9 Å². The first-order chi connectivity index (χ1) is 17.9. The number of hydrogen-bond acceptors (Lipinski definition) is 4. The number of aryl methyl sites for hydroxylation is 1. The SMILES string of the molecule is COc1ccc(CCC(=O)N(Cc2ccccc2)[C@H](Cc2ccccc2)C(=O)NCC(C)C)cc1OC. The Morgan fingerprint density at radius 1 is 0.811 bits per heavy atom. The van der Waals surface area contributed by atoms with Crippen molar-refractivity contribution < 1.29 is 19.1 Å². The molecule has 0 saturated heterocycles. The third-order valence-corrected chi connectivity index (χ3v) is 6.23. The van der Waals surface area contributed by atoms with Crippen LogP contribution in [0.1, 0.15) is 37.0 Å². The quantitative estimate of drug-likeness (QED) is 0.355. The summed E-state index contributed by atoms with van der Waals surface area (Å²) in [6.45, 7) is 5.03. The van der Waals surface area contributed by atoms with Crippen LogP contribution in [-0.4, -0.2) is 43.5 Å². The van der Waals surface area contributed by atoms with Gasteiger partial charge < -0.3 is 19.7 Å². The number of benzene rings is 3. The van der Waals surface area contributed by atoms with Crippen molar-refractivity contribution in [1.29, 1.82) is 0 Å². The summed E-state index contributed by atoms with van der Waals surface area (Å²) in [5, 5.41) is 3.06. The molecule has 1 N–H and O–H groups in total. The summed E-state index contributed by atoms with van der Waals surface area (Å²) in [4.78, 5) is 29.0. The minimum atomic E-state index is -0.626. The predicted octanol–water partition coefficient (Wildman–Crippen LogP) is 5.05. The van der Waals surface area contributed by atoms with Crippen molar-refractivity contribution in [3.63, 3.8) is 0 Å². The van der Waals surface area contributed by atoms with Gasteiger partial charge in [-0.3, -0.25) is 9.59 Å². The predicted molar refractivity (Wildman–Crippen MR) is 147 cm³/mol. The number of nitrogens with one attached hydrogen (secondary N) is 1. The number of carbonyl (C=O) groups excluding carboxylic acids is 2. The Balaban J connectivity index is 1.87. The number of amides is 2. The van der Waals surface area contributed by atoms with E-state index in [4.69, 9.17) is 9.47 Å². The molecule has 6 nitrogen and oxygen atoms in total. The fourth-order valence-electron chi connectivity index (χ4n) is 4.19. The molecule has 1 atom stereocenters. The van der Waals surface area contributed by atoms with Crippen molar-refractivity contribution >= 4 is 11.8 Å². The van der Waals surface area contributed by atoms with E-state index in [9.17, 15) is 9.59 Å². The second-order valence-corrected chi connectivity index (χ2v) is 9.54. The van der Waals surface area contributed by atoms with Gasteiger partial charge in [-0.25, -0.2) is 0 Å². The maximum atomic E-state index is 13.8. The Labute approximate surface area is 220 Å². The molecule has 6 heteroatoms. The van der Waals surface area contributed by atoms with E-state index < -0.39 is 6.04 Å². The van der Waals surface area contributed by atoms with Gasteiger partial charge in [-0.1, -0.05) is 80.6 Å². The van der Waals surface area contributed by atoms with Crippen LogP contribution in [0.2, 0.25) is 0 Å². The summed E-state index contributed by atoms with van der Waals surface area (Å²) in [5.74, 6) is 1.38. The van der Waals surface area contributed by atoms with Crippen molar-refractivity contribution in [2.45, 2.75) is 45.7 Å². The van der Waals surface area contributed by atoms with Crippen LogP contribution < -0.4 is 14.8 Å². The Kier molecular flexibility index (Phi) is 10.6. The Bertz CT molecular complexity index is 1130. The normalized spacial score (nSPS) is 11.6. The number of hydrogen-bond donors (Lipinski definition) is 1. The van der Waals surface area contributed by atoms with Gasteiger partial charge in [0.25, 0.3) is 0 Å². The van der Waals surface area contributed by atoms with Crippen LogP contribution in [0, 0.1) is 5.92 Å². The van der Waals surface area contributed by atoms with Gasteiger partial charge in [0.2, 0.25) is 11.8 Å². The lowest BCUT2D eigenvalue weighted by molar-refractivity contribution is -0.141. The number of methoxy groups -OCH3 is 2. The third-order valence-electron chi connectivity index (χ3n) is 6.23. The first-order valence-electron chi connectivity index (χ1n) is 12.8. The molecular weight excluding hydrogens is 464 g/mol. The van der Waals surface area contributed by atoms with Gasteiger partial charge in [-0.15, -0.1) is 0 Å². The van der Waals surface area contributed by atoms with Crippen molar-refractivity contribution in [3.05, 3.63) is 95.6 Å². The first kappa shape index (κ1) is 27.8. The van der Waals surface area contributed by atoms with E-state index >= 15 is 0 Å². The highest BCUT2D eigenvalue weighted by atomic mass is 16.5. The van der Waals surface area contributed by atoms with Crippen LogP contribution in [0.15, 0.2) is 78.9 Å². The van der Waals surface area contributed by atoms with Crippen molar-refractivity contribution in [2.24, 2.45) is 5.92 Å². The van der Waals surface area contributed by atoms with Gasteiger partial charge in [-0.05, 0) is 41.2 Å². The lowest BCUT2D eigenvalue weighted by atomic mass is 10.0. The van der Waals surface area contributed by atoms with Crippen molar-refractivity contribution in [2.75, 3.05) is 20.8 Å². The van der Waals surface area contributed by atoms with Crippen LogP contribution in [0.3, 0.4) is 0 Å². The number of rotatable bonds is 13. The highest BCUT2D eigenvalue weighted by molar-refractivity contribution is 5.88. The molecule has 0 unspecified atom stereocenters. The summed E-state index contributed by atoms with van der Waals surface area (Å²) in [5.41, 5.74) is 2.96. The molecule has 0 aliphatic rings. The van der Waals surface area contributed by atoms with Crippen molar-refractivity contribution in [3.8, 4) is 11.5 Å². The third kappa shape index (κ3) is 8.38. The summed E-state index contributed by atoms with van der Waals surface area (Å²) in [6, 6.07) is 24.7. The Morgan fingerprint density at radius 2 is 1.43 bits per heavy atom. The van der Waals surface area contributed by atoms with Gasteiger partial charge in [0.15, 0.2) is 11.5 Å². The number of carbonyl (C=O) groups is 2. The minimum absolute atomic E-state index is 0.0701. The molecule has 0 bridgehead atoms. The molecule has 2 amide bonds. The van der Waals surface area contributed by atoms with Gasteiger partial charge in [0.05, 0.1) is 14.2 Å². The summed E-state index contributed by atoms with van der Waals surface area (Å²) >= 11 is 0. The van der Waals surface area contributed by atoms with E-state index in [1.54, 1.807) is 19.1 Å². The standard InChI is InChI=1S/C31H38N2O4/c1-23(2)21-32-31(35)27(19-24-11-7-5-8-12-24)33(22-26-13-9-6-10-14-26)30(34)18-16-25-15-17-28(36-3)29(20-25)37-4/h5-15,17,20,23,27H,16,18-19,21-22H2,1-4H3,(H,32,35)/t27-/m1/s1. The van der Waals surface area contributed by atoms with E-state index in [0.717, 1.165) is 16.7 Å². The van der Waals surface area contributed by atoms with E-state index in [1.807, 2.05) is 78.9 Å². The summed E-state index contributed by atoms with van der Waals surface area (Å²) in [7, 11) is 3.19. The van der Waals surface area contributed by atoms with Gasteiger partial charge in [-0.2, -0.15) is 0 Å². The zero-order valence-electron chi connectivity index (χ0n) is 22.3. The smallest absolute Gasteiger partial charge is 0.243 e. The Morgan fingerprint density at radius 3 is 2.03 bits per heavy atom. The van der Waals surface area contributed by atoms with E-state index in [0.29, 0.717) is 43.3 Å². The number of nitrogens with zero attached hydrogens (tertiary/aromatic N) is 1. The van der Waals surface area contributed by atoms with Crippen LogP contribution in [0.25, 0.3) is 0 Å². The molecule has 0 heterocycles. The molecule has 0 fully saturated rings. The van der Waals surface area contributed by atoms with Crippen LogP contribution in [0.4, 0.5) is 0 Å². The summed E-state index contributed by atoms with van der Waals surface area (Å²) < 4.78 is 10.8. The molecule has 3 aromatic rings. The number of ether oxygens (including phenoxy) is 2. The highest BCUT2D eigenvalue weighted by Crippen LogP contribution is 2.28. The Hall–Kier alpha value is -3.80. The zero-order valence-corrected chi connectivity index (χ0v) is 22.3. The molecule has 0 aliphatic carbocycles. The second-order valence-electron chi connectivity index (χ2n) is 9.54. The molecule has 37 heavy (non-hydrogen) atoms. The minimum Gasteiger partial charge on any atom is -0.493 e. The molecule has 0 spiro atoms. The molecule has 0 aliphatic heterocycles. The first-order valence-corrected chi connectivity index (χ1v) is 12.8. The summed E-state index contributed by atoms with van der Waals surface area (Å²) in [6.07, 6.45) is 1.24. The molecule has 3 rings (SSSR count). The molecule has 3 aromatic carbocycles. The topological polar surface area (TPSA) is 67.9 Å². The largest absolute Gasteiger partial charge is 0.493 e. The molecule has 0 aromatic heterocycles. The maximum absolute atomic E-state index is 13.8. The van der Waals surface area contributed by atoms with E-state index in [1.165, 1.54) is 0 Å². The van der Waals surface area contributed by atoms with E-state index in [-0.39, 0.29) is 18.2 Å². The average Bonchev–Trinajstić information content (AvgIpc) is 2.93. The lowest BCUT2D eigenvalue weighted by Crippen LogP contribution is -2.51. The average molecular weight is 503 g/mol. The maximum Gasteiger partial charge on any atom is 0.243 e. The molecule has 196 valence electrons. The van der Waals surface area contributed by atoms with Gasteiger partial charge in [0.1, 0.15) is 6.04 Å². The molecular formula is C31H38N2O4. The molecule has 0 radical (unpaired) electrons. The lowest BCUT2D eigenvalue weighted by Gasteiger charge is -2.32. The van der Waals surface area contributed by atoms with E-state index in [2.05, 4.69) is 19.2 Å². The highest BCUT2D eigenvalue weighted by Gasteiger charge is 2.30. The van der Waals surface area contributed by atoms with Crippen molar-refractivity contribution in [1.82, 2.24) is 10.2 Å². The molecule has 0 saturated carbocycles. The van der Waals surface area contributed by atoms with Crippen LogP contribution in [-0.2, 0) is 29.0 Å². The zero-order chi connectivity index (χ0) is 26.6. The van der Waals surface area contributed by atoms with Crippen LogP contribution >= 0.6 is 0 Å². The van der Waals surface area contributed by atoms with Crippen LogP contribution in [0.5, 0.6) is 11.5 Å².